The fourth-order valence-electron chi connectivity index (χ4n) is 3.23. The number of nitrogens with one attached hydrogen (secondary N) is 1. The highest BCUT2D eigenvalue weighted by atomic mass is 32.1. The Morgan fingerprint density at radius 3 is 2.90 bits per heavy atom. The number of urea groups is 1. The Morgan fingerprint density at radius 2 is 2.15 bits per heavy atom. The highest BCUT2D eigenvalue weighted by molar-refractivity contribution is 7.07. The lowest BCUT2D eigenvalue weighted by atomic mass is 10.2. The van der Waals surface area contributed by atoms with Gasteiger partial charge in [0.1, 0.15) is 0 Å². The molecule has 0 bridgehead atoms. The molecule has 0 spiro atoms. The van der Waals surface area contributed by atoms with Crippen molar-refractivity contribution in [3.05, 3.63) is 22.4 Å². The second-order valence-corrected chi connectivity index (χ2v) is 6.57. The van der Waals surface area contributed by atoms with Crippen LogP contribution in [-0.2, 0) is 6.54 Å². The van der Waals surface area contributed by atoms with E-state index in [1.165, 1.54) is 31.5 Å². The molecule has 0 unspecified atom stereocenters. The fraction of sp³-hybridized carbons (Fsp3) is 0.667. The van der Waals surface area contributed by atoms with Gasteiger partial charge < -0.3 is 15.1 Å². The standard InChI is InChI=1S/C15H23N3OS/c19-15(16-10-13-5-9-20-12-13)18-8-3-4-14(18)11-17-6-1-2-7-17/h5,9,12,14H,1-4,6-8,10-11H2,(H,16,19)/t14-/m1/s1. The third kappa shape index (κ3) is 3.33. The Kier molecular flexibility index (Phi) is 4.58. The van der Waals surface area contributed by atoms with Gasteiger partial charge in [-0.3, -0.25) is 0 Å². The number of rotatable bonds is 4. The lowest BCUT2D eigenvalue weighted by Crippen LogP contribution is -2.46. The van der Waals surface area contributed by atoms with Crippen LogP contribution in [0.1, 0.15) is 31.2 Å². The van der Waals surface area contributed by atoms with Gasteiger partial charge in [-0.25, -0.2) is 4.79 Å². The number of likely N-dealkylation sites (tertiary alicyclic amines) is 2. The van der Waals surface area contributed by atoms with Crippen molar-refractivity contribution in [3.63, 3.8) is 0 Å². The molecule has 3 rings (SSSR count). The maximum absolute atomic E-state index is 12.3. The molecule has 2 fully saturated rings. The predicted molar refractivity (Wildman–Crippen MR) is 82.0 cm³/mol. The molecule has 1 atom stereocenters. The lowest BCUT2D eigenvalue weighted by molar-refractivity contribution is 0.174. The first-order chi connectivity index (χ1) is 9.83. The molecule has 0 radical (unpaired) electrons. The van der Waals surface area contributed by atoms with Crippen LogP contribution in [0.3, 0.4) is 0 Å². The Hall–Kier alpha value is -1.07. The van der Waals surface area contributed by atoms with Gasteiger partial charge >= 0.3 is 6.03 Å². The summed E-state index contributed by atoms with van der Waals surface area (Å²) in [5, 5.41) is 7.20. The molecule has 4 nitrogen and oxygen atoms in total. The zero-order valence-electron chi connectivity index (χ0n) is 11.9. The molecule has 1 aromatic heterocycles. The van der Waals surface area contributed by atoms with Crippen LogP contribution in [0.25, 0.3) is 0 Å². The van der Waals surface area contributed by atoms with Crippen LogP contribution in [-0.4, -0.2) is 48.1 Å². The summed E-state index contributed by atoms with van der Waals surface area (Å²) in [5.41, 5.74) is 1.19. The molecule has 2 saturated heterocycles. The fourth-order valence-corrected chi connectivity index (χ4v) is 3.90. The molecule has 2 aliphatic rings. The second kappa shape index (κ2) is 6.59. The maximum Gasteiger partial charge on any atom is 0.317 e. The van der Waals surface area contributed by atoms with Crippen molar-refractivity contribution in [1.29, 1.82) is 0 Å². The van der Waals surface area contributed by atoms with Gasteiger partial charge in [-0.05, 0) is 61.2 Å². The molecule has 5 heteroatoms. The van der Waals surface area contributed by atoms with Gasteiger partial charge in [0.05, 0.1) is 0 Å². The van der Waals surface area contributed by atoms with E-state index in [4.69, 9.17) is 0 Å². The van der Waals surface area contributed by atoms with Crippen LogP contribution in [0.4, 0.5) is 4.79 Å². The van der Waals surface area contributed by atoms with Crippen molar-refractivity contribution in [3.8, 4) is 0 Å². The molecular weight excluding hydrogens is 270 g/mol. The van der Waals surface area contributed by atoms with E-state index in [0.717, 1.165) is 25.9 Å². The molecule has 2 aliphatic heterocycles. The summed E-state index contributed by atoms with van der Waals surface area (Å²) in [7, 11) is 0. The van der Waals surface area contributed by atoms with Crippen molar-refractivity contribution in [2.45, 2.75) is 38.3 Å². The molecule has 20 heavy (non-hydrogen) atoms. The van der Waals surface area contributed by atoms with E-state index in [-0.39, 0.29) is 6.03 Å². The number of hydrogen-bond acceptors (Lipinski definition) is 3. The van der Waals surface area contributed by atoms with E-state index >= 15 is 0 Å². The summed E-state index contributed by atoms with van der Waals surface area (Å²) in [6, 6.07) is 2.59. The average Bonchev–Trinajstić information content (AvgIpc) is 3.19. The largest absolute Gasteiger partial charge is 0.334 e. The van der Waals surface area contributed by atoms with E-state index in [2.05, 4.69) is 21.7 Å². The van der Waals surface area contributed by atoms with Crippen LogP contribution >= 0.6 is 11.3 Å². The van der Waals surface area contributed by atoms with Crippen LogP contribution in [0.2, 0.25) is 0 Å². The Morgan fingerprint density at radius 1 is 1.30 bits per heavy atom. The summed E-state index contributed by atoms with van der Waals surface area (Å²) < 4.78 is 0. The number of nitrogens with zero attached hydrogens (tertiary/aromatic N) is 2. The normalized spacial score (nSPS) is 23.4. The van der Waals surface area contributed by atoms with E-state index in [1.807, 2.05) is 10.3 Å². The van der Waals surface area contributed by atoms with E-state index in [0.29, 0.717) is 12.6 Å². The highest BCUT2D eigenvalue weighted by Gasteiger charge is 2.30. The van der Waals surface area contributed by atoms with Gasteiger partial charge in [0.25, 0.3) is 0 Å². The Labute approximate surface area is 124 Å². The number of carbonyl (C=O) groups is 1. The van der Waals surface area contributed by atoms with Gasteiger partial charge in [-0.1, -0.05) is 0 Å². The van der Waals surface area contributed by atoms with Crippen LogP contribution in [0, 0.1) is 0 Å². The van der Waals surface area contributed by atoms with E-state index < -0.39 is 0 Å². The molecular formula is C15H23N3OS. The van der Waals surface area contributed by atoms with Crippen LogP contribution in [0.15, 0.2) is 16.8 Å². The molecule has 1 N–H and O–H groups in total. The van der Waals surface area contributed by atoms with Crippen molar-refractivity contribution in [2.24, 2.45) is 0 Å². The summed E-state index contributed by atoms with van der Waals surface area (Å²) in [6.45, 7) is 5.04. The highest BCUT2D eigenvalue weighted by Crippen LogP contribution is 2.20. The number of carbonyl (C=O) groups excluding carboxylic acids is 1. The third-order valence-corrected chi connectivity index (χ3v) is 5.06. The van der Waals surface area contributed by atoms with Crippen molar-refractivity contribution >= 4 is 17.4 Å². The zero-order chi connectivity index (χ0) is 13.8. The average molecular weight is 293 g/mol. The minimum Gasteiger partial charge on any atom is -0.334 e. The molecule has 0 saturated carbocycles. The van der Waals surface area contributed by atoms with E-state index in [1.54, 1.807) is 11.3 Å². The summed E-state index contributed by atoms with van der Waals surface area (Å²) >= 11 is 1.67. The molecule has 2 amide bonds. The minimum atomic E-state index is 0.109. The zero-order valence-corrected chi connectivity index (χ0v) is 12.7. The van der Waals surface area contributed by atoms with Gasteiger partial charge in [-0.15, -0.1) is 0 Å². The number of hydrogen-bond donors (Lipinski definition) is 1. The first kappa shape index (κ1) is 13.9. The van der Waals surface area contributed by atoms with E-state index in [9.17, 15) is 4.79 Å². The SMILES string of the molecule is O=C(NCc1ccsc1)N1CCC[C@@H]1CN1CCCC1. The maximum atomic E-state index is 12.3. The third-order valence-electron chi connectivity index (χ3n) is 4.33. The number of thiophene rings is 1. The number of amides is 2. The molecule has 110 valence electrons. The molecule has 3 heterocycles. The Bertz CT molecular complexity index is 428. The van der Waals surface area contributed by atoms with Gasteiger partial charge in [-0.2, -0.15) is 11.3 Å². The second-order valence-electron chi connectivity index (χ2n) is 5.79. The summed E-state index contributed by atoms with van der Waals surface area (Å²) in [4.78, 5) is 16.9. The lowest BCUT2D eigenvalue weighted by Gasteiger charge is -2.28. The summed E-state index contributed by atoms with van der Waals surface area (Å²) in [5.74, 6) is 0. The van der Waals surface area contributed by atoms with Crippen molar-refractivity contribution in [1.82, 2.24) is 15.1 Å². The quantitative estimate of drug-likeness (QED) is 0.926. The van der Waals surface area contributed by atoms with Crippen molar-refractivity contribution in [2.75, 3.05) is 26.2 Å². The van der Waals surface area contributed by atoms with Gasteiger partial charge in [0.15, 0.2) is 0 Å². The smallest absolute Gasteiger partial charge is 0.317 e. The molecule has 0 aromatic carbocycles. The first-order valence-corrected chi connectivity index (χ1v) is 8.55. The van der Waals surface area contributed by atoms with Crippen molar-refractivity contribution < 1.29 is 4.79 Å². The molecule has 0 aliphatic carbocycles. The van der Waals surface area contributed by atoms with Crippen LogP contribution in [0.5, 0.6) is 0 Å². The van der Waals surface area contributed by atoms with Crippen LogP contribution < -0.4 is 5.32 Å². The summed E-state index contributed by atoms with van der Waals surface area (Å²) in [6.07, 6.45) is 4.93. The first-order valence-electron chi connectivity index (χ1n) is 7.61. The van der Waals surface area contributed by atoms with Gasteiger partial charge in [0.2, 0.25) is 0 Å². The Balaban J connectivity index is 1.50. The van der Waals surface area contributed by atoms with Gasteiger partial charge in [0, 0.05) is 25.7 Å². The minimum absolute atomic E-state index is 0.109. The predicted octanol–water partition coefficient (Wildman–Crippen LogP) is 2.52. The topological polar surface area (TPSA) is 35.6 Å². The monoisotopic (exact) mass is 293 g/mol. The molecule has 1 aromatic rings.